The molecule has 18 heavy (non-hydrogen) atoms. The molecule has 0 amide bonds. The second-order valence-electron chi connectivity index (χ2n) is 3.50. The molecule has 0 atom stereocenters. The molecule has 94 valence electrons. The van der Waals surface area contributed by atoms with Gasteiger partial charge in [-0.3, -0.25) is 0 Å². The van der Waals surface area contributed by atoms with Gasteiger partial charge in [0.2, 0.25) is 0 Å². The molecule has 2 rings (SSSR count). The highest BCUT2D eigenvalue weighted by Gasteiger charge is 2.09. The molecule has 1 heterocycles. The van der Waals surface area contributed by atoms with Gasteiger partial charge < -0.3 is 5.32 Å². The van der Waals surface area contributed by atoms with E-state index in [0.717, 1.165) is 12.1 Å². The average Bonchev–Trinajstić information content (AvgIpc) is 2.24. The number of hydrogen-bond donors (Lipinski definition) is 1. The van der Waals surface area contributed by atoms with E-state index >= 15 is 0 Å². The first-order valence-corrected chi connectivity index (χ1v) is 6.05. The Labute approximate surface area is 115 Å². The van der Waals surface area contributed by atoms with E-state index in [1.807, 2.05) is 0 Å². The van der Waals surface area contributed by atoms with Gasteiger partial charge >= 0.3 is 0 Å². The van der Waals surface area contributed by atoms with Crippen LogP contribution in [0, 0.1) is 18.6 Å². The number of nitrogens with one attached hydrogen (secondary N) is 1. The van der Waals surface area contributed by atoms with E-state index in [4.69, 9.17) is 11.6 Å². The topological polar surface area (TPSA) is 37.8 Å². The summed E-state index contributed by atoms with van der Waals surface area (Å²) in [5.41, 5.74) is 0.238. The Hall–Kier alpha value is -1.27. The molecule has 0 radical (unpaired) electrons. The van der Waals surface area contributed by atoms with Crippen LogP contribution in [0.15, 0.2) is 22.7 Å². The van der Waals surface area contributed by atoms with E-state index in [0.29, 0.717) is 11.6 Å². The van der Waals surface area contributed by atoms with E-state index < -0.39 is 11.6 Å². The van der Waals surface area contributed by atoms with Crippen LogP contribution in [-0.4, -0.2) is 9.97 Å². The van der Waals surface area contributed by atoms with Gasteiger partial charge in [0, 0.05) is 11.8 Å². The summed E-state index contributed by atoms with van der Waals surface area (Å²) in [6.07, 6.45) is 0. The third-order valence-electron chi connectivity index (χ3n) is 2.06. The molecule has 0 aliphatic rings. The van der Waals surface area contributed by atoms with E-state index in [1.165, 1.54) is 6.07 Å². The van der Waals surface area contributed by atoms with Crippen LogP contribution in [-0.2, 0) is 0 Å². The minimum absolute atomic E-state index is 0.204. The fraction of sp³-hybridized carbons (Fsp3) is 0.0909. The van der Waals surface area contributed by atoms with E-state index in [-0.39, 0.29) is 15.3 Å². The summed E-state index contributed by atoms with van der Waals surface area (Å²) < 4.78 is 26.4. The van der Waals surface area contributed by atoms with Crippen LogP contribution in [0.2, 0.25) is 5.15 Å². The lowest BCUT2D eigenvalue weighted by molar-refractivity contribution is 0.573. The molecule has 0 saturated carbocycles. The monoisotopic (exact) mass is 333 g/mol. The normalized spacial score (nSPS) is 10.5. The van der Waals surface area contributed by atoms with Crippen LogP contribution >= 0.6 is 27.5 Å². The predicted molar refractivity (Wildman–Crippen MR) is 69.1 cm³/mol. The van der Waals surface area contributed by atoms with Gasteiger partial charge in [-0.15, -0.1) is 0 Å². The molecule has 1 aromatic carbocycles. The molecule has 0 fully saturated rings. The first-order valence-electron chi connectivity index (χ1n) is 4.88. The number of anilines is 2. The maximum absolute atomic E-state index is 13.3. The largest absolute Gasteiger partial charge is 0.340 e. The molecular weight excluding hydrogens is 327 g/mol. The molecule has 0 aliphatic heterocycles. The van der Waals surface area contributed by atoms with Crippen molar-refractivity contribution in [1.82, 2.24) is 9.97 Å². The van der Waals surface area contributed by atoms with Crippen molar-refractivity contribution in [3.05, 3.63) is 45.3 Å². The summed E-state index contributed by atoms with van der Waals surface area (Å²) in [4.78, 5) is 7.93. The van der Waals surface area contributed by atoms with E-state index in [9.17, 15) is 8.78 Å². The van der Waals surface area contributed by atoms with E-state index in [2.05, 4.69) is 31.2 Å². The first kappa shape index (κ1) is 13.2. The second-order valence-corrected chi connectivity index (χ2v) is 4.68. The highest BCUT2D eigenvalue weighted by molar-refractivity contribution is 9.10. The van der Waals surface area contributed by atoms with Crippen LogP contribution in [0.4, 0.5) is 20.3 Å². The molecule has 0 saturated heterocycles. The van der Waals surface area contributed by atoms with Crippen molar-refractivity contribution in [2.45, 2.75) is 6.92 Å². The first-order chi connectivity index (χ1) is 8.45. The van der Waals surface area contributed by atoms with Crippen LogP contribution < -0.4 is 5.32 Å². The SMILES string of the molecule is Cc1nc(Cl)cc(Nc2cc(F)c(Br)c(F)c2)n1. The lowest BCUT2D eigenvalue weighted by Gasteiger charge is -2.08. The number of rotatable bonds is 2. The summed E-state index contributed by atoms with van der Waals surface area (Å²) in [6.45, 7) is 1.67. The molecule has 3 nitrogen and oxygen atoms in total. The lowest BCUT2D eigenvalue weighted by atomic mass is 10.3. The van der Waals surface area contributed by atoms with Gasteiger partial charge in [-0.05, 0) is 35.0 Å². The molecule has 0 unspecified atom stereocenters. The fourth-order valence-electron chi connectivity index (χ4n) is 1.37. The molecule has 0 bridgehead atoms. The Balaban J connectivity index is 2.34. The summed E-state index contributed by atoms with van der Waals surface area (Å²) >= 11 is 8.55. The van der Waals surface area contributed by atoms with Gasteiger partial charge in [0.05, 0.1) is 4.47 Å². The van der Waals surface area contributed by atoms with E-state index in [1.54, 1.807) is 6.92 Å². The molecule has 0 spiro atoms. The van der Waals surface area contributed by atoms with Crippen molar-refractivity contribution in [3.63, 3.8) is 0 Å². The van der Waals surface area contributed by atoms with Crippen molar-refractivity contribution >= 4 is 39.0 Å². The summed E-state index contributed by atoms with van der Waals surface area (Å²) in [7, 11) is 0. The Bertz CT molecular complexity index is 564. The standard InChI is InChI=1S/C11H7BrClF2N3/c1-5-16-9(13)4-10(17-5)18-6-2-7(14)11(12)8(15)3-6/h2-4H,1H3,(H,16,17,18). The number of hydrogen-bond acceptors (Lipinski definition) is 3. The van der Waals surface area contributed by atoms with Gasteiger partial charge in [-0.25, -0.2) is 18.7 Å². The molecule has 0 aliphatic carbocycles. The van der Waals surface area contributed by atoms with Crippen LogP contribution in [0.25, 0.3) is 0 Å². The van der Waals surface area contributed by atoms with Crippen LogP contribution in [0.3, 0.4) is 0 Å². The minimum Gasteiger partial charge on any atom is -0.340 e. The maximum atomic E-state index is 13.3. The third kappa shape index (κ3) is 2.94. The van der Waals surface area contributed by atoms with Gasteiger partial charge in [-0.2, -0.15) is 0 Å². The average molecular weight is 335 g/mol. The molecular formula is C11H7BrClF2N3. The predicted octanol–water partition coefficient (Wildman–Crippen LogP) is 4.22. The number of aromatic nitrogens is 2. The Morgan fingerprint density at radius 1 is 1.17 bits per heavy atom. The van der Waals surface area contributed by atoms with Crippen molar-refractivity contribution in [2.75, 3.05) is 5.32 Å². The van der Waals surface area contributed by atoms with Crippen molar-refractivity contribution < 1.29 is 8.78 Å². The Morgan fingerprint density at radius 2 is 1.78 bits per heavy atom. The van der Waals surface area contributed by atoms with Crippen molar-refractivity contribution in [3.8, 4) is 0 Å². The zero-order valence-corrected chi connectivity index (χ0v) is 11.5. The Kier molecular flexibility index (Phi) is 3.77. The maximum Gasteiger partial charge on any atom is 0.142 e. The highest BCUT2D eigenvalue weighted by atomic mass is 79.9. The number of benzene rings is 1. The van der Waals surface area contributed by atoms with Crippen LogP contribution in [0.1, 0.15) is 5.82 Å². The molecule has 7 heteroatoms. The smallest absolute Gasteiger partial charge is 0.142 e. The van der Waals surface area contributed by atoms with Gasteiger partial charge in [-0.1, -0.05) is 11.6 Å². The second kappa shape index (κ2) is 5.16. The summed E-state index contributed by atoms with van der Waals surface area (Å²) in [5, 5.41) is 3.01. The van der Waals surface area contributed by atoms with Crippen molar-refractivity contribution in [1.29, 1.82) is 0 Å². The lowest BCUT2D eigenvalue weighted by Crippen LogP contribution is -1.98. The molecule has 1 N–H and O–H groups in total. The zero-order valence-electron chi connectivity index (χ0n) is 9.14. The quantitative estimate of drug-likeness (QED) is 0.660. The van der Waals surface area contributed by atoms with Gasteiger partial charge in [0.1, 0.15) is 28.4 Å². The summed E-state index contributed by atoms with van der Waals surface area (Å²) in [5.74, 6) is -0.569. The van der Waals surface area contributed by atoms with Gasteiger partial charge in [0.25, 0.3) is 0 Å². The third-order valence-corrected chi connectivity index (χ3v) is 3.01. The Morgan fingerprint density at radius 3 is 2.33 bits per heavy atom. The number of aryl methyl sites for hydroxylation is 1. The highest BCUT2D eigenvalue weighted by Crippen LogP contribution is 2.25. The minimum atomic E-state index is -0.700. The molecule has 2 aromatic rings. The van der Waals surface area contributed by atoms with Crippen LogP contribution in [0.5, 0.6) is 0 Å². The summed E-state index contributed by atoms with van der Waals surface area (Å²) in [6, 6.07) is 3.77. The molecule has 1 aromatic heterocycles. The zero-order chi connectivity index (χ0) is 13.3. The van der Waals surface area contributed by atoms with Gasteiger partial charge in [0.15, 0.2) is 0 Å². The fourth-order valence-corrected chi connectivity index (χ4v) is 1.83. The van der Waals surface area contributed by atoms with Crippen molar-refractivity contribution in [2.24, 2.45) is 0 Å². The number of halogens is 4. The number of nitrogens with zero attached hydrogens (tertiary/aromatic N) is 2.